The van der Waals surface area contributed by atoms with E-state index < -0.39 is 18.3 Å². The molecular weight excluding hydrogens is 301 g/mol. The van der Waals surface area contributed by atoms with Crippen molar-refractivity contribution < 1.29 is 18.3 Å². The molecule has 17 heavy (non-hydrogen) atoms. The summed E-state index contributed by atoms with van der Waals surface area (Å²) in [4.78, 5) is 0. The molecule has 1 aromatic rings. The van der Waals surface area contributed by atoms with Crippen molar-refractivity contribution in [1.29, 1.82) is 0 Å². The van der Waals surface area contributed by atoms with E-state index in [-0.39, 0.29) is 28.0 Å². The van der Waals surface area contributed by atoms with Gasteiger partial charge in [-0.1, -0.05) is 35.3 Å². The number of rotatable bonds is 2. The minimum absolute atomic E-state index is 0. The zero-order chi connectivity index (χ0) is 12.5. The third-order valence-electron chi connectivity index (χ3n) is 2.02. The van der Waals surface area contributed by atoms with Gasteiger partial charge in [0.25, 0.3) is 0 Å². The van der Waals surface area contributed by atoms with E-state index in [9.17, 15) is 13.2 Å². The first kappa shape index (κ1) is 16.8. The molecule has 0 bridgehead atoms. The minimum atomic E-state index is -4.80. The van der Waals surface area contributed by atoms with Gasteiger partial charge in [-0.3, -0.25) is 0 Å². The molecule has 98 valence electrons. The molecule has 3 N–H and O–H groups in total. The van der Waals surface area contributed by atoms with Crippen LogP contribution in [0, 0.1) is 0 Å². The summed E-state index contributed by atoms with van der Waals surface area (Å²) >= 11 is 11.3. The summed E-state index contributed by atoms with van der Waals surface area (Å²) in [6, 6.07) is 2.45. The van der Waals surface area contributed by atoms with Crippen LogP contribution in [-0.4, -0.2) is 17.4 Å². The lowest BCUT2D eigenvalue weighted by Gasteiger charge is -2.22. The second-order valence-electron chi connectivity index (χ2n) is 3.16. The highest BCUT2D eigenvalue weighted by atomic mass is 35.5. The maximum absolute atomic E-state index is 12.2. The van der Waals surface area contributed by atoms with Crippen molar-refractivity contribution >= 4 is 35.6 Å². The van der Waals surface area contributed by atoms with Crippen molar-refractivity contribution in [1.82, 2.24) is 0 Å². The van der Waals surface area contributed by atoms with E-state index in [1.807, 2.05) is 0 Å². The molecule has 2 nitrogen and oxygen atoms in total. The molecule has 0 radical (unpaired) electrons. The maximum atomic E-state index is 12.2. The zero-order valence-electron chi connectivity index (χ0n) is 8.21. The molecule has 1 aromatic carbocycles. The number of hydrogen-bond donors (Lipinski definition) is 2. The Kier molecular flexibility index (Phi) is 6.04. The van der Waals surface area contributed by atoms with Gasteiger partial charge in [-0.15, -0.1) is 12.4 Å². The number of aliphatic hydroxyl groups excluding tert-OH is 1. The molecule has 0 fully saturated rings. The predicted octanol–water partition coefficient (Wildman–Crippen LogP) is 3.34. The smallest absolute Gasteiger partial charge is 0.382 e. The van der Waals surface area contributed by atoms with Gasteiger partial charge in [-0.25, -0.2) is 0 Å². The summed E-state index contributed by atoms with van der Waals surface area (Å²) in [6.07, 6.45) is -7.48. The molecule has 0 aliphatic heterocycles. The molecule has 0 heterocycles. The van der Waals surface area contributed by atoms with Crippen LogP contribution in [0.2, 0.25) is 10.0 Å². The van der Waals surface area contributed by atoms with Gasteiger partial charge < -0.3 is 10.8 Å². The van der Waals surface area contributed by atoms with Crippen molar-refractivity contribution in [3.63, 3.8) is 0 Å². The lowest BCUT2D eigenvalue weighted by atomic mass is 10.0. The van der Waals surface area contributed by atoms with Gasteiger partial charge in [-0.2, -0.15) is 13.2 Å². The molecule has 8 heteroatoms. The fourth-order valence-electron chi connectivity index (χ4n) is 1.15. The van der Waals surface area contributed by atoms with E-state index >= 15 is 0 Å². The van der Waals surface area contributed by atoms with Gasteiger partial charge in [-0.05, 0) is 11.6 Å². The summed E-state index contributed by atoms with van der Waals surface area (Å²) in [5, 5.41) is 8.97. The maximum Gasteiger partial charge on any atom is 0.416 e. The van der Waals surface area contributed by atoms with Crippen LogP contribution in [0.5, 0.6) is 0 Å². The van der Waals surface area contributed by atoms with Gasteiger partial charge in [0.05, 0.1) is 16.1 Å². The molecule has 0 saturated carbocycles. The van der Waals surface area contributed by atoms with Crippen molar-refractivity contribution in [2.24, 2.45) is 5.73 Å². The highest BCUT2D eigenvalue weighted by Crippen LogP contribution is 2.34. The third kappa shape index (κ3) is 3.89. The second kappa shape index (κ2) is 6.11. The topological polar surface area (TPSA) is 46.2 Å². The number of alkyl halides is 3. The van der Waals surface area contributed by atoms with Crippen LogP contribution in [0.15, 0.2) is 18.2 Å². The Morgan fingerprint density at radius 3 is 2.24 bits per heavy atom. The van der Waals surface area contributed by atoms with E-state index in [1.165, 1.54) is 18.2 Å². The molecular formula is C9H9Cl3F3NO. The molecule has 0 unspecified atom stereocenters. The second-order valence-corrected chi connectivity index (χ2v) is 3.94. The first-order valence-corrected chi connectivity index (χ1v) is 4.95. The van der Waals surface area contributed by atoms with Crippen molar-refractivity contribution in [3.05, 3.63) is 33.8 Å². The monoisotopic (exact) mass is 309 g/mol. The van der Waals surface area contributed by atoms with E-state index in [1.54, 1.807) is 0 Å². The fourth-order valence-corrected chi connectivity index (χ4v) is 1.59. The highest BCUT2D eigenvalue weighted by Gasteiger charge is 2.43. The lowest BCUT2D eigenvalue weighted by molar-refractivity contribution is -0.210. The first-order chi connectivity index (χ1) is 7.25. The Bertz CT molecular complexity index is 386. The van der Waals surface area contributed by atoms with Crippen LogP contribution >= 0.6 is 35.6 Å². The summed E-state index contributed by atoms with van der Waals surface area (Å²) in [5.41, 5.74) is 5.24. The van der Waals surface area contributed by atoms with E-state index in [4.69, 9.17) is 34.0 Å². The summed E-state index contributed by atoms with van der Waals surface area (Å²) < 4.78 is 36.6. The fraction of sp³-hybridized carbons (Fsp3) is 0.333. The van der Waals surface area contributed by atoms with E-state index in [2.05, 4.69) is 0 Å². The number of halogens is 6. The van der Waals surface area contributed by atoms with Gasteiger partial charge >= 0.3 is 6.18 Å². The third-order valence-corrected chi connectivity index (χ3v) is 2.85. The molecule has 0 aliphatic carbocycles. The van der Waals surface area contributed by atoms with Crippen molar-refractivity contribution in [2.75, 3.05) is 0 Å². The zero-order valence-corrected chi connectivity index (χ0v) is 10.5. The van der Waals surface area contributed by atoms with Gasteiger partial charge in [0, 0.05) is 0 Å². The number of benzene rings is 1. The van der Waals surface area contributed by atoms with Crippen LogP contribution in [0.4, 0.5) is 13.2 Å². The normalized spacial score (nSPS) is 15.0. The number of aliphatic hydroxyl groups is 1. The van der Waals surface area contributed by atoms with Crippen molar-refractivity contribution in [2.45, 2.75) is 18.3 Å². The molecule has 1 rings (SSSR count). The minimum Gasteiger partial charge on any atom is -0.382 e. The molecule has 0 amide bonds. The molecule has 0 spiro atoms. The van der Waals surface area contributed by atoms with Gasteiger partial charge in [0.15, 0.2) is 6.10 Å². The average Bonchev–Trinajstić information content (AvgIpc) is 2.18. The Hall–Kier alpha value is -0.200. The van der Waals surface area contributed by atoms with E-state index in [0.717, 1.165) is 0 Å². The van der Waals surface area contributed by atoms with Crippen LogP contribution in [0.25, 0.3) is 0 Å². The molecule has 2 atom stereocenters. The molecule has 0 saturated heterocycles. The predicted molar refractivity (Wildman–Crippen MR) is 62.7 cm³/mol. The van der Waals surface area contributed by atoms with Crippen LogP contribution in [-0.2, 0) is 0 Å². The highest BCUT2D eigenvalue weighted by molar-refractivity contribution is 6.42. The average molecular weight is 311 g/mol. The standard InChI is InChI=1S/C9H8Cl2F3NO.ClH/c10-5-3-1-2-4(6(5)11)7(15)8(16)9(12,13)14;/h1-3,7-8,16H,15H2;1H/t7-,8-;/m1./s1. The van der Waals surface area contributed by atoms with Gasteiger partial charge in [0.1, 0.15) is 0 Å². The summed E-state index contributed by atoms with van der Waals surface area (Å²) in [6.45, 7) is 0. The van der Waals surface area contributed by atoms with Crippen LogP contribution in [0.3, 0.4) is 0 Å². The first-order valence-electron chi connectivity index (χ1n) is 4.19. The van der Waals surface area contributed by atoms with Gasteiger partial charge in [0.2, 0.25) is 0 Å². The quantitative estimate of drug-likeness (QED) is 0.880. The Morgan fingerprint density at radius 2 is 1.76 bits per heavy atom. The molecule has 0 aromatic heterocycles. The van der Waals surface area contributed by atoms with Crippen molar-refractivity contribution in [3.8, 4) is 0 Å². The Balaban J connectivity index is 0.00000256. The molecule has 0 aliphatic rings. The van der Waals surface area contributed by atoms with Crippen LogP contribution < -0.4 is 5.73 Å². The SMILES string of the molecule is Cl.N[C@H](c1cccc(Cl)c1Cl)[C@@H](O)C(F)(F)F. The summed E-state index contributed by atoms with van der Waals surface area (Å²) in [7, 11) is 0. The summed E-state index contributed by atoms with van der Waals surface area (Å²) in [5.74, 6) is 0. The lowest BCUT2D eigenvalue weighted by Crippen LogP contribution is -2.39. The number of hydrogen-bond acceptors (Lipinski definition) is 2. The largest absolute Gasteiger partial charge is 0.416 e. The number of nitrogens with two attached hydrogens (primary N) is 1. The Morgan fingerprint density at radius 1 is 1.24 bits per heavy atom. The Labute approximate surface area is 112 Å². The van der Waals surface area contributed by atoms with E-state index in [0.29, 0.717) is 0 Å². The van der Waals surface area contributed by atoms with Crippen LogP contribution in [0.1, 0.15) is 11.6 Å².